The van der Waals surface area contributed by atoms with Crippen molar-refractivity contribution in [2.45, 2.75) is 32.2 Å². The minimum Gasteiger partial charge on any atom is -0.271 e. The molecule has 0 amide bonds. The fraction of sp³-hybridized carbons (Fsp3) is 1.00. The largest absolute Gasteiger partial charge is 0.271 e. The Hall–Kier alpha value is 0.270. The van der Waals surface area contributed by atoms with Gasteiger partial charge in [-0.25, -0.2) is 0 Å². The standard InChI is InChI=1S/C8H18N2S/c1-7(10-9)6-8-2-4-11-5-3-8/h7-8,10H,2-6,9H2,1H3. The van der Waals surface area contributed by atoms with E-state index in [0.29, 0.717) is 6.04 Å². The molecule has 0 saturated carbocycles. The Balaban J connectivity index is 2.13. The van der Waals surface area contributed by atoms with Gasteiger partial charge in [0.15, 0.2) is 0 Å². The zero-order chi connectivity index (χ0) is 8.10. The Morgan fingerprint density at radius 1 is 1.55 bits per heavy atom. The topological polar surface area (TPSA) is 38.0 Å². The van der Waals surface area contributed by atoms with Crippen LogP contribution in [0.1, 0.15) is 26.2 Å². The predicted molar refractivity (Wildman–Crippen MR) is 51.5 cm³/mol. The molecular weight excluding hydrogens is 156 g/mol. The molecule has 1 fully saturated rings. The zero-order valence-electron chi connectivity index (χ0n) is 7.18. The van der Waals surface area contributed by atoms with E-state index in [4.69, 9.17) is 5.84 Å². The molecule has 3 heteroatoms. The van der Waals surface area contributed by atoms with Crippen molar-refractivity contribution < 1.29 is 0 Å². The highest BCUT2D eigenvalue weighted by Gasteiger charge is 2.15. The number of nitrogens with one attached hydrogen (secondary N) is 1. The molecule has 0 aromatic heterocycles. The van der Waals surface area contributed by atoms with Gasteiger partial charge in [-0.15, -0.1) is 0 Å². The fourth-order valence-corrected chi connectivity index (χ4v) is 2.75. The van der Waals surface area contributed by atoms with Crippen LogP contribution < -0.4 is 11.3 Å². The predicted octanol–water partition coefficient (Wildman–Crippen LogP) is 1.37. The second kappa shape index (κ2) is 5.01. The van der Waals surface area contributed by atoms with E-state index in [0.717, 1.165) is 5.92 Å². The van der Waals surface area contributed by atoms with E-state index in [1.807, 2.05) is 0 Å². The smallest absolute Gasteiger partial charge is 0.0184 e. The highest BCUT2D eigenvalue weighted by atomic mass is 32.2. The number of rotatable bonds is 3. The summed E-state index contributed by atoms with van der Waals surface area (Å²) >= 11 is 2.08. The van der Waals surface area contributed by atoms with Crippen molar-refractivity contribution >= 4 is 11.8 Å². The lowest BCUT2D eigenvalue weighted by molar-refractivity contribution is 0.383. The van der Waals surface area contributed by atoms with E-state index < -0.39 is 0 Å². The first-order valence-corrected chi connectivity index (χ1v) is 5.52. The molecule has 1 atom stereocenters. The molecule has 0 radical (unpaired) electrons. The first-order chi connectivity index (χ1) is 5.33. The van der Waals surface area contributed by atoms with Crippen molar-refractivity contribution in [3.8, 4) is 0 Å². The van der Waals surface area contributed by atoms with Crippen LogP contribution in [0.15, 0.2) is 0 Å². The molecule has 66 valence electrons. The summed E-state index contributed by atoms with van der Waals surface area (Å²) < 4.78 is 0. The fourth-order valence-electron chi connectivity index (χ4n) is 1.55. The van der Waals surface area contributed by atoms with Crippen molar-refractivity contribution in [1.29, 1.82) is 0 Å². The van der Waals surface area contributed by atoms with Crippen LogP contribution in [0, 0.1) is 5.92 Å². The van der Waals surface area contributed by atoms with Gasteiger partial charge in [-0.2, -0.15) is 11.8 Å². The summed E-state index contributed by atoms with van der Waals surface area (Å²) in [5.41, 5.74) is 2.81. The highest BCUT2D eigenvalue weighted by molar-refractivity contribution is 7.99. The lowest BCUT2D eigenvalue weighted by atomic mass is 9.95. The lowest BCUT2D eigenvalue weighted by Gasteiger charge is -2.23. The molecule has 1 heterocycles. The molecule has 0 spiro atoms. The minimum absolute atomic E-state index is 0.489. The number of hydrogen-bond acceptors (Lipinski definition) is 3. The van der Waals surface area contributed by atoms with Crippen molar-refractivity contribution in [3.05, 3.63) is 0 Å². The quantitative estimate of drug-likeness (QED) is 0.501. The van der Waals surface area contributed by atoms with Gasteiger partial charge in [-0.1, -0.05) is 0 Å². The molecule has 1 rings (SSSR count). The normalized spacial score (nSPS) is 23.5. The van der Waals surface area contributed by atoms with Gasteiger partial charge in [0, 0.05) is 6.04 Å². The number of nitrogens with two attached hydrogens (primary N) is 1. The second-order valence-corrected chi connectivity index (χ2v) is 4.58. The van der Waals surface area contributed by atoms with Gasteiger partial charge < -0.3 is 0 Å². The van der Waals surface area contributed by atoms with Gasteiger partial charge in [0.05, 0.1) is 0 Å². The van der Waals surface area contributed by atoms with Crippen LogP contribution in [-0.4, -0.2) is 17.5 Å². The van der Waals surface area contributed by atoms with Crippen LogP contribution in [0.5, 0.6) is 0 Å². The third-order valence-corrected chi connectivity index (χ3v) is 3.36. The first-order valence-electron chi connectivity index (χ1n) is 4.37. The van der Waals surface area contributed by atoms with E-state index in [2.05, 4.69) is 24.1 Å². The van der Waals surface area contributed by atoms with Crippen LogP contribution in [0.2, 0.25) is 0 Å². The highest BCUT2D eigenvalue weighted by Crippen LogP contribution is 2.25. The molecule has 11 heavy (non-hydrogen) atoms. The molecule has 1 aliphatic rings. The van der Waals surface area contributed by atoms with E-state index >= 15 is 0 Å². The second-order valence-electron chi connectivity index (χ2n) is 3.36. The summed E-state index contributed by atoms with van der Waals surface area (Å²) in [4.78, 5) is 0. The molecule has 0 aliphatic carbocycles. The SMILES string of the molecule is CC(CC1CCSCC1)NN. The summed E-state index contributed by atoms with van der Waals surface area (Å²) in [6.45, 7) is 2.15. The third-order valence-electron chi connectivity index (χ3n) is 2.31. The van der Waals surface area contributed by atoms with Gasteiger partial charge in [-0.05, 0) is 43.6 Å². The van der Waals surface area contributed by atoms with Crippen LogP contribution >= 0.6 is 11.8 Å². The third kappa shape index (κ3) is 3.45. The summed E-state index contributed by atoms with van der Waals surface area (Å²) in [7, 11) is 0. The van der Waals surface area contributed by atoms with E-state index in [1.165, 1.54) is 30.8 Å². The molecular formula is C8H18N2S. The Bertz CT molecular complexity index is 102. The molecule has 2 nitrogen and oxygen atoms in total. The average Bonchev–Trinajstić information content (AvgIpc) is 2.06. The maximum atomic E-state index is 5.33. The van der Waals surface area contributed by atoms with Gasteiger partial charge >= 0.3 is 0 Å². The lowest BCUT2D eigenvalue weighted by Crippen LogP contribution is -2.34. The summed E-state index contributed by atoms with van der Waals surface area (Å²) in [5, 5.41) is 0. The van der Waals surface area contributed by atoms with Crippen molar-refractivity contribution in [2.24, 2.45) is 11.8 Å². The summed E-state index contributed by atoms with van der Waals surface area (Å²) in [6, 6.07) is 0.489. The monoisotopic (exact) mass is 174 g/mol. The summed E-state index contributed by atoms with van der Waals surface area (Å²) in [6.07, 6.45) is 4.02. The molecule has 1 aliphatic heterocycles. The van der Waals surface area contributed by atoms with E-state index in [1.54, 1.807) is 0 Å². The average molecular weight is 174 g/mol. The molecule has 1 unspecified atom stereocenters. The Labute approximate surface area is 73.3 Å². The Morgan fingerprint density at radius 2 is 2.18 bits per heavy atom. The van der Waals surface area contributed by atoms with Crippen molar-refractivity contribution in [2.75, 3.05) is 11.5 Å². The molecule has 1 saturated heterocycles. The van der Waals surface area contributed by atoms with Crippen LogP contribution in [0.4, 0.5) is 0 Å². The molecule has 0 bridgehead atoms. The van der Waals surface area contributed by atoms with Gasteiger partial charge in [0.1, 0.15) is 0 Å². The minimum atomic E-state index is 0.489. The first kappa shape index (κ1) is 9.36. The maximum Gasteiger partial charge on any atom is 0.0184 e. The maximum absolute atomic E-state index is 5.33. The van der Waals surface area contributed by atoms with Gasteiger partial charge in [-0.3, -0.25) is 11.3 Å². The molecule has 3 N–H and O–H groups in total. The Morgan fingerprint density at radius 3 is 2.73 bits per heavy atom. The van der Waals surface area contributed by atoms with E-state index in [9.17, 15) is 0 Å². The number of hydrazine groups is 1. The summed E-state index contributed by atoms with van der Waals surface area (Å²) in [5.74, 6) is 8.95. The van der Waals surface area contributed by atoms with Crippen LogP contribution in [-0.2, 0) is 0 Å². The number of thioether (sulfide) groups is 1. The van der Waals surface area contributed by atoms with Crippen molar-refractivity contribution in [1.82, 2.24) is 5.43 Å². The van der Waals surface area contributed by atoms with Gasteiger partial charge in [0.2, 0.25) is 0 Å². The Kier molecular flexibility index (Phi) is 4.26. The zero-order valence-corrected chi connectivity index (χ0v) is 7.99. The number of hydrogen-bond donors (Lipinski definition) is 2. The van der Waals surface area contributed by atoms with Crippen LogP contribution in [0.3, 0.4) is 0 Å². The molecule has 0 aromatic carbocycles. The van der Waals surface area contributed by atoms with E-state index in [-0.39, 0.29) is 0 Å². The van der Waals surface area contributed by atoms with Crippen molar-refractivity contribution in [3.63, 3.8) is 0 Å². The molecule has 0 aromatic rings. The van der Waals surface area contributed by atoms with Gasteiger partial charge in [0.25, 0.3) is 0 Å². The van der Waals surface area contributed by atoms with Crippen LogP contribution in [0.25, 0.3) is 0 Å².